The van der Waals surface area contributed by atoms with E-state index in [1.165, 1.54) is 12.4 Å². The number of hydrogen-bond donors (Lipinski definition) is 0. The van der Waals surface area contributed by atoms with Gasteiger partial charge in [0.1, 0.15) is 12.1 Å². The van der Waals surface area contributed by atoms with Crippen LogP contribution in [-0.2, 0) is 6.54 Å². The zero-order chi connectivity index (χ0) is 13.8. The number of rotatable bonds is 2. The summed E-state index contributed by atoms with van der Waals surface area (Å²) >= 11 is 0. The Morgan fingerprint density at radius 3 is 2.63 bits per heavy atom. The Hall–Kier alpha value is -1.66. The van der Waals surface area contributed by atoms with Gasteiger partial charge in [-0.25, -0.2) is 4.39 Å². The number of nitrogens with zero attached hydrogens (tertiary/aromatic N) is 3. The van der Waals surface area contributed by atoms with Gasteiger partial charge in [0.05, 0.1) is 11.9 Å². The third-order valence-corrected chi connectivity index (χ3v) is 3.43. The van der Waals surface area contributed by atoms with Crippen LogP contribution in [0.25, 0.3) is 10.9 Å². The average molecular weight is 273 g/mol. The Balaban J connectivity index is 2.09. The van der Waals surface area contributed by atoms with Crippen molar-refractivity contribution in [3.63, 3.8) is 0 Å². The molecule has 0 radical (unpaired) electrons. The molecule has 1 aliphatic carbocycles. The van der Waals surface area contributed by atoms with Gasteiger partial charge in [-0.1, -0.05) is 6.92 Å². The van der Waals surface area contributed by atoms with Gasteiger partial charge in [-0.15, -0.1) is 0 Å². The molecule has 2 aromatic heterocycles. The summed E-state index contributed by atoms with van der Waals surface area (Å²) in [6.45, 7) is 0.667. The summed E-state index contributed by atoms with van der Waals surface area (Å²) in [5.41, 5.74) is 0.144. The molecule has 0 aliphatic heterocycles. The second-order valence-corrected chi connectivity index (χ2v) is 5.00. The van der Waals surface area contributed by atoms with Crippen LogP contribution in [-0.4, -0.2) is 20.9 Å². The van der Waals surface area contributed by atoms with Crippen LogP contribution in [0.2, 0.25) is 0 Å². The number of alkyl halides is 3. The Kier molecular flexibility index (Phi) is 2.55. The molecule has 0 bridgehead atoms. The first-order chi connectivity index (χ1) is 8.87. The standard InChI is InChI=1S/C12H11F4N3/c1-6-2-8(6)10-9(13)11-7(3-17-10)4-18-19(11)5-12(14,15)16/h3-4,6,8H,2,5H2,1H3/t6-,8-/m0/s1. The van der Waals surface area contributed by atoms with Crippen LogP contribution in [0.15, 0.2) is 12.4 Å². The van der Waals surface area contributed by atoms with Crippen LogP contribution in [0.5, 0.6) is 0 Å². The topological polar surface area (TPSA) is 30.7 Å². The molecular formula is C12H11F4N3. The van der Waals surface area contributed by atoms with E-state index >= 15 is 0 Å². The number of fused-ring (bicyclic) bond motifs is 1. The van der Waals surface area contributed by atoms with Crippen LogP contribution in [0.3, 0.4) is 0 Å². The SMILES string of the molecule is C[C@H]1C[C@@H]1c1ncc2cnn(CC(F)(F)F)c2c1F. The Bertz CT molecular complexity index is 632. The molecule has 0 spiro atoms. The lowest BCUT2D eigenvalue weighted by molar-refractivity contribution is -0.141. The predicted octanol–water partition coefficient (Wildman–Crippen LogP) is 3.26. The average Bonchev–Trinajstić information content (AvgIpc) is 2.85. The van der Waals surface area contributed by atoms with Gasteiger partial charge >= 0.3 is 6.18 Å². The zero-order valence-electron chi connectivity index (χ0n) is 10.1. The highest BCUT2D eigenvalue weighted by molar-refractivity contribution is 5.79. The first-order valence-corrected chi connectivity index (χ1v) is 5.93. The molecule has 1 saturated carbocycles. The van der Waals surface area contributed by atoms with Crippen LogP contribution in [0.1, 0.15) is 25.0 Å². The van der Waals surface area contributed by atoms with E-state index in [9.17, 15) is 17.6 Å². The Labute approximate surface area is 106 Å². The minimum atomic E-state index is -4.43. The van der Waals surface area contributed by atoms with E-state index in [2.05, 4.69) is 10.1 Å². The van der Waals surface area contributed by atoms with Crippen LogP contribution >= 0.6 is 0 Å². The molecule has 0 aromatic carbocycles. The molecule has 3 nitrogen and oxygen atoms in total. The number of halogens is 4. The molecule has 102 valence electrons. The predicted molar refractivity (Wildman–Crippen MR) is 60.1 cm³/mol. The maximum atomic E-state index is 14.3. The van der Waals surface area contributed by atoms with Crippen molar-refractivity contribution in [3.05, 3.63) is 23.9 Å². The van der Waals surface area contributed by atoms with E-state index in [4.69, 9.17) is 0 Å². The number of pyridine rings is 1. The maximum Gasteiger partial charge on any atom is 0.408 e. The van der Waals surface area contributed by atoms with Crippen molar-refractivity contribution >= 4 is 10.9 Å². The fourth-order valence-corrected chi connectivity index (χ4v) is 2.30. The maximum absolute atomic E-state index is 14.3. The zero-order valence-corrected chi connectivity index (χ0v) is 10.1. The van der Waals surface area contributed by atoms with E-state index in [1.54, 1.807) is 0 Å². The highest BCUT2D eigenvalue weighted by atomic mass is 19.4. The molecule has 1 fully saturated rings. The summed E-state index contributed by atoms with van der Waals surface area (Å²) in [5, 5.41) is 3.89. The lowest BCUT2D eigenvalue weighted by Crippen LogP contribution is -2.19. The monoisotopic (exact) mass is 273 g/mol. The fraction of sp³-hybridized carbons (Fsp3) is 0.500. The first kappa shape index (κ1) is 12.4. The summed E-state index contributed by atoms with van der Waals surface area (Å²) < 4.78 is 52.2. The minimum absolute atomic E-state index is 0.0126. The van der Waals surface area contributed by atoms with Crippen LogP contribution in [0.4, 0.5) is 17.6 Å². The van der Waals surface area contributed by atoms with Gasteiger partial charge in [-0.2, -0.15) is 18.3 Å². The van der Waals surface area contributed by atoms with Gasteiger partial charge in [-0.05, 0) is 12.3 Å². The van der Waals surface area contributed by atoms with E-state index in [0.717, 1.165) is 6.42 Å². The summed E-state index contributed by atoms with van der Waals surface area (Å²) in [6, 6.07) is 0. The summed E-state index contributed by atoms with van der Waals surface area (Å²) in [6.07, 6.45) is -1.01. The molecule has 2 atom stereocenters. The molecule has 0 unspecified atom stereocenters. The van der Waals surface area contributed by atoms with Crippen LogP contribution < -0.4 is 0 Å². The summed E-state index contributed by atoms with van der Waals surface area (Å²) in [7, 11) is 0. The molecule has 0 saturated heterocycles. The van der Waals surface area contributed by atoms with Gasteiger partial charge in [0.15, 0.2) is 5.82 Å². The lowest BCUT2D eigenvalue weighted by Gasteiger charge is -2.09. The van der Waals surface area contributed by atoms with Crippen molar-refractivity contribution in [3.8, 4) is 0 Å². The van der Waals surface area contributed by atoms with Gasteiger partial charge in [-0.3, -0.25) is 9.67 Å². The largest absolute Gasteiger partial charge is 0.408 e. The molecule has 3 rings (SSSR count). The van der Waals surface area contributed by atoms with E-state index in [0.29, 0.717) is 16.0 Å². The van der Waals surface area contributed by atoms with Crippen molar-refractivity contribution in [2.45, 2.75) is 32.0 Å². The highest BCUT2D eigenvalue weighted by Gasteiger charge is 2.38. The summed E-state index contributed by atoms with van der Waals surface area (Å²) in [4.78, 5) is 4.02. The van der Waals surface area contributed by atoms with E-state index in [1.807, 2.05) is 6.92 Å². The van der Waals surface area contributed by atoms with Gasteiger partial charge in [0.2, 0.25) is 0 Å². The van der Waals surface area contributed by atoms with Crippen molar-refractivity contribution in [1.29, 1.82) is 0 Å². The second-order valence-electron chi connectivity index (χ2n) is 5.00. The minimum Gasteiger partial charge on any atom is -0.257 e. The van der Waals surface area contributed by atoms with Gasteiger partial charge in [0.25, 0.3) is 0 Å². The van der Waals surface area contributed by atoms with Crippen molar-refractivity contribution in [1.82, 2.24) is 14.8 Å². The van der Waals surface area contributed by atoms with E-state index < -0.39 is 18.5 Å². The molecule has 0 amide bonds. The molecule has 1 aliphatic rings. The quantitative estimate of drug-likeness (QED) is 0.786. The van der Waals surface area contributed by atoms with Gasteiger partial charge in [0, 0.05) is 17.5 Å². The fourth-order valence-electron chi connectivity index (χ4n) is 2.30. The Morgan fingerprint density at radius 1 is 1.37 bits per heavy atom. The number of hydrogen-bond acceptors (Lipinski definition) is 2. The van der Waals surface area contributed by atoms with Crippen LogP contribution in [0, 0.1) is 11.7 Å². The highest BCUT2D eigenvalue weighted by Crippen LogP contribution is 2.47. The van der Waals surface area contributed by atoms with Gasteiger partial charge < -0.3 is 0 Å². The van der Waals surface area contributed by atoms with E-state index in [-0.39, 0.29) is 17.1 Å². The molecule has 2 aromatic rings. The Morgan fingerprint density at radius 2 is 2.05 bits per heavy atom. The summed E-state index contributed by atoms with van der Waals surface area (Å²) in [5.74, 6) is -0.328. The molecule has 2 heterocycles. The number of aromatic nitrogens is 3. The van der Waals surface area contributed by atoms with Crippen molar-refractivity contribution in [2.75, 3.05) is 0 Å². The molecule has 19 heavy (non-hydrogen) atoms. The lowest BCUT2D eigenvalue weighted by atomic mass is 10.2. The third kappa shape index (κ3) is 2.17. The molecular weight excluding hydrogens is 262 g/mol. The smallest absolute Gasteiger partial charge is 0.257 e. The normalized spacial score (nSPS) is 23.0. The first-order valence-electron chi connectivity index (χ1n) is 5.93. The van der Waals surface area contributed by atoms with Crippen molar-refractivity contribution in [2.24, 2.45) is 5.92 Å². The molecule has 7 heteroatoms. The third-order valence-electron chi connectivity index (χ3n) is 3.43. The molecule has 0 N–H and O–H groups in total. The second kappa shape index (κ2) is 3.91. The van der Waals surface area contributed by atoms with Crippen molar-refractivity contribution < 1.29 is 17.6 Å².